The van der Waals surface area contributed by atoms with E-state index in [1.807, 2.05) is 38.2 Å². The zero-order valence-corrected chi connectivity index (χ0v) is 26.6. The standard InChI is InChI=1S/C34H42FN7O4/c1-4-30(43)37-28(34(46)41-16-14-40(3)15-17-41)19-22-10-11-27(26(35)18-22)38-33(45)31(25-20-23-8-6-7-9-24(23)21-25)39-32(44)29-12-13-36-42(29)5-2/h6-13,18,25,28,31H,4-5,14-17,19-21H2,1-3H3,(H,37,43)(H,38,45)(H,39,44)/t28-,31+/m1/s1. The Bertz CT molecular complexity index is 1560. The van der Waals surface area contributed by atoms with Gasteiger partial charge in [0.1, 0.15) is 23.6 Å². The number of likely N-dealkylation sites (N-methyl/N-ethyl adjacent to an activating group) is 1. The van der Waals surface area contributed by atoms with E-state index < -0.39 is 29.7 Å². The molecule has 2 heterocycles. The summed E-state index contributed by atoms with van der Waals surface area (Å²) in [6.07, 6.45) is 3.04. The van der Waals surface area contributed by atoms with Crippen molar-refractivity contribution in [2.45, 2.75) is 58.2 Å². The van der Waals surface area contributed by atoms with Crippen LogP contribution in [0.25, 0.3) is 0 Å². The molecule has 3 N–H and O–H groups in total. The predicted molar refractivity (Wildman–Crippen MR) is 172 cm³/mol. The van der Waals surface area contributed by atoms with Crippen molar-refractivity contribution >= 4 is 29.3 Å². The van der Waals surface area contributed by atoms with Crippen LogP contribution in [-0.2, 0) is 40.2 Å². The largest absolute Gasteiger partial charge is 0.344 e. The average Bonchev–Trinajstić information content (AvgIpc) is 3.72. The van der Waals surface area contributed by atoms with Crippen LogP contribution in [0.15, 0.2) is 54.7 Å². The second kappa shape index (κ2) is 14.7. The van der Waals surface area contributed by atoms with Crippen molar-refractivity contribution in [2.75, 3.05) is 38.5 Å². The fraction of sp³-hybridized carbons (Fsp3) is 0.441. The highest BCUT2D eigenvalue weighted by Gasteiger charge is 2.35. The molecule has 0 spiro atoms. The second-order valence-electron chi connectivity index (χ2n) is 12.0. The third kappa shape index (κ3) is 7.61. The van der Waals surface area contributed by atoms with Gasteiger partial charge in [-0.25, -0.2) is 4.39 Å². The van der Waals surface area contributed by atoms with E-state index in [9.17, 15) is 19.2 Å². The second-order valence-corrected chi connectivity index (χ2v) is 12.0. The molecule has 46 heavy (non-hydrogen) atoms. The first kappa shape index (κ1) is 32.8. The summed E-state index contributed by atoms with van der Waals surface area (Å²) < 4.78 is 17.1. The van der Waals surface area contributed by atoms with E-state index in [1.165, 1.54) is 18.3 Å². The molecule has 2 aliphatic rings. The van der Waals surface area contributed by atoms with Crippen molar-refractivity contribution in [1.82, 2.24) is 30.2 Å². The number of amides is 4. The molecule has 244 valence electrons. The molecular formula is C34H42FN7O4. The lowest BCUT2D eigenvalue weighted by molar-refractivity contribution is -0.137. The van der Waals surface area contributed by atoms with Crippen molar-refractivity contribution in [3.63, 3.8) is 0 Å². The van der Waals surface area contributed by atoms with Gasteiger partial charge in [0.25, 0.3) is 5.91 Å². The van der Waals surface area contributed by atoms with E-state index in [1.54, 1.807) is 28.6 Å². The number of hydrogen-bond donors (Lipinski definition) is 3. The number of anilines is 1. The molecular weight excluding hydrogens is 589 g/mol. The molecule has 1 aliphatic carbocycles. The van der Waals surface area contributed by atoms with E-state index in [4.69, 9.17) is 0 Å². The summed E-state index contributed by atoms with van der Waals surface area (Å²) in [7, 11) is 1.99. The number of rotatable bonds is 11. The quantitative estimate of drug-likeness (QED) is 0.298. The van der Waals surface area contributed by atoms with Gasteiger partial charge in [-0.2, -0.15) is 5.10 Å². The highest BCUT2D eigenvalue weighted by atomic mass is 19.1. The summed E-state index contributed by atoms with van der Waals surface area (Å²) in [6.45, 7) is 6.65. The van der Waals surface area contributed by atoms with Gasteiger partial charge in [-0.15, -0.1) is 0 Å². The molecule has 1 aliphatic heterocycles. The fourth-order valence-electron chi connectivity index (χ4n) is 6.20. The fourth-order valence-corrected chi connectivity index (χ4v) is 6.20. The van der Waals surface area contributed by atoms with Gasteiger partial charge < -0.3 is 25.8 Å². The summed E-state index contributed by atoms with van der Waals surface area (Å²) in [5.74, 6) is -2.34. The van der Waals surface area contributed by atoms with Crippen LogP contribution in [0.2, 0.25) is 0 Å². The van der Waals surface area contributed by atoms with Gasteiger partial charge in [0, 0.05) is 51.8 Å². The highest BCUT2D eigenvalue weighted by molar-refractivity contribution is 6.01. The molecule has 5 rings (SSSR count). The van der Waals surface area contributed by atoms with Gasteiger partial charge >= 0.3 is 0 Å². The maximum absolute atomic E-state index is 15.5. The number of carbonyl (C=O) groups is 4. The summed E-state index contributed by atoms with van der Waals surface area (Å²) in [6, 6.07) is 12.1. The van der Waals surface area contributed by atoms with Crippen molar-refractivity contribution in [3.8, 4) is 0 Å². The van der Waals surface area contributed by atoms with Crippen LogP contribution in [0.4, 0.5) is 10.1 Å². The van der Waals surface area contributed by atoms with Crippen LogP contribution < -0.4 is 16.0 Å². The number of benzene rings is 2. The molecule has 2 aromatic carbocycles. The minimum atomic E-state index is -0.936. The summed E-state index contributed by atoms with van der Waals surface area (Å²) in [5.41, 5.74) is 3.03. The number of fused-ring (bicyclic) bond motifs is 1. The molecule has 3 aromatic rings. The first-order valence-corrected chi connectivity index (χ1v) is 15.9. The Balaban J connectivity index is 1.32. The van der Waals surface area contributed by atoms with Gasteiger partial charge in [0.15, 0.2) is 0 Å². The van der Waals surface area contributed by atoms with E-state index in [2.05, 4.69) is 25.9 Å². The van der Waals surface area contributed by atoms with Gasteiger partial charge in [-0.3, -0.25) is 23.9 Å². The van der Waals surface area contributed by atoms with Gasteiger partial charge in [0.05, 0.1) is 5.69 Å². The number of aryl methyl sites for hydroxylation is 1. The number of nitrogens with zero attached hydrogens (tertiary/aromatic N) is 4. The number of piperazine rings is 1. The minimum absolute atomic E-state index is 0.0401. The molecule has 0 bridgehead atoms. The van der Waals surface area contributed by atoms with Crippen LogP contribution in [0.3, 0.4) is 0 Å². The lowest BCUT2D eigenvalue weighted by Gasteiger charge is -2.34. The molecule has 1 fully saturated rings. The van der Waals surface area contributed by atoms with Gasteiger partial charge in [0.2, 0.25) is 17.7 Å². The number of aromatic nitrogens is 2. The number of carbonyl (C=O) groups excluding carboxylic acids is 4. The maximum Gasteiger partial charge on any atom is 0.270 e. The van der Waals surface area contributed by atoms with Crippen molar-refractivity contribution < 1.29 is 23.6 Å². The third-order valence-corrected chi connectivity index (χ3v) is 8.87. The van der Waals surface area contributed by atoms with E-state index in [0.717, 1.165) is 24.2 Å². The lowest BCUT2D eigenvalue weighted by Crippen LogP contribution is -2.54. The topological polar surface area (TPSA) is 129 Å². The Morgan fingerprint density at radius 3 is 2.28 bits per heavy atom. The first-order chi connectivity index (χ1) is 22.2. The Hall–Kier alpha value is -4.58. The number of halogens is 1. The molecule has 2 atom stereocenters. The molecule has 0 radical (unpaired) electrons. The molecule has 0 saturated carbocycles. The molecule has 12 heteroatoms. The van der Waals surface area contributed by atoms with E-state index >= 15 is 4.39 Å². The third-order valence-electron chi connectivity index (χ3n) is 8.87. The molecule has 0 unspecified atom stereocenters. The molecule has 1 aromatic heterocycles. The first-order valence-electron chi connectivity index (χ1n) is 15.9. The zero-order valence-electron chi connectivity index (χ0n) is 26.6. The number of hydrogen-bond acceptors (Lipinski definition) is 6. The normalized spacial score (nSPS) is 16.4. The summed E-state index contributed by atoms with van der Waals surface area (Å²) in [4.78, 5) is 56.5. The Kier molecular flexibility index (Phi) is 10.5. The number of nitrogens with one attached hydrogen (secondary N) is 3. The summed E-state index contributed by atoms with van der Waals surface area (Å²) in [5, 5.41) is 12.6. The van der Waals surface area contributed by atoms with E-state index in [0.29, 0.717) is 43.7 Å². The molecule has 1 saturated heterocycles. The van der Waals surface area contributed by atoms with Crippen LogP contribution in [0.1, 0.15) is 47.4 Å². The summed E-state index contributed by atoms with van der Waals surface area (Å²) >= 11 is 0. The predicted octanol–water partition coefficient (Wildman–Crippen LogP) is 2.41. The van der Waals surface area contributed by atoms with Gasteiger partial charge in [-0.1, -0.05) is 37.3 Å². The van der Waals surface area contributed by atoms with Crippen LogP contribution in [0, 0.1) is 11.7 Å². The Morgan fingerprint density at radius 2 is 1.65 bits per heavy atom. The zero-order chi connectivity index (χ0) is 32.8. The van der Waals surface area contributed by atoms with E-state index in [-0.39, 0.29) is 36.3 Å². The average molecular weight is 632 g/mol. The monoisotopic (exact) mass is 631 g/mol. The smallest absolute Gasteiger partial charge is 0.270 e. The molecule has 11 nitrogen and oxygen atoms in total. The van der Waals surface area contributed by atoms with Gasteiger partial charge in [-0.05, 0) is 67.6 Å². The van der Waals surface area contributed by atoms with Crippen molar-refractivity contribution in [2.24, 2.45) is 5.92 Å². The highest BCUT2D eigenvalue weighted by Crippen LogP contribution is 2.30. The molecule has 4 amide bonds. The minimum Gasteiger partial charge on any atom is -0.344 e. The van der Waals surface area contributed by atoms with Crippen LogP contribution in [0.5, 0.6) is 0 Å². The van der Waals surface area contributed by atoms with Crippen LogP contribution >= 0.6 is 0 Å². The SMILES string of the molecule is CCC(=O)N[C@H](Cc1ccc(NC(=O)[C@@H](NC(=O)c2ccnn2CC)C2Cc3ccccc3C2)c(F)c1)C(=O)N1CCN(C)CC1. The van der Waals surface area contributed by atoms with Crippen LogP contribution in [-0.4, -0.2) is 88.5 Å². The Morgan fingerprint density at radius 1 is 0.957 bits per heavy atom. The lowest BCUT2D eigenvalue weighted by atomic mass is 9.95. The Labute approximate surface area is 268 Å². The van der Waals surface area contributed by atoms with Crippen molar-refractivity contribution in [1.29, 1.82) is 0 Å². The maximum atomic E-state index is 15.5. The van der Waals surface area contributed by atoms with Crippen molar-refractivity contribution in [3.05, 3.63) is 82.9 Å².